The van der Waals surface area contributed by atoms with Gasteiger partial charge in [-0.1, -0.05) is 35.9 Å². The van der Waals surface area contributed by atoms with Crippen LogP contribution >= 0.6 is 23.4 Å². The third-order valence-electron chi connectivity index (χ3n) is 3.15. The van der Waals surface area contributed by atoms with E-state index in [0.29, 0.717) is 34.2 Å². The standard InChI is InChI=1S/C17H16ClF2NOS/c18-14-6-5-12(16(20)10-14)9-17(22)21-7-8-23-11-13-3-1-2-4-15(13)19/h1-6,10H,7-9,11H2,(H,21,22). The maximum absolute atomic E-state index is 13.6. The van der Waals surface area contributed by atoms with E-state index in [1.165, 1.54) is 30.0 Å². The lowest BCUT2D eigenvalue weighted by molar-refractivity contribution is -0.120. The first-order valence-electron chi connectivity index (χ1n) is 7.08. The van der Waals surface area contributed by atoms with E-state index in [9.17, 15) is 13.6 Å². The van der Waals surface area contributed by atoms with E-state index in [2.05, 4.69) is 5.32 Å². The van der Waals surface area contributed by atoms with Crippen LogP contribution in [0.3, 0.4) is 0 Å². The molecule has 23 heavy (non-hydrogen) atoms. The Bertz CT molecular complexity index is 681. The Balaban J connectivity index is 1.68. The number of halogens is 3. The number of thioether (sulfide) groups is 1. The largest absolute Gasteiger partial charge is 0.355 e. The predicted octanol–water partition coefficient (Wildman–Crippen LogP) is 4.21. The van der Waals surface area contributed by atoms with E-state index < -0.39 is 5.82 Å². The van der Waals surface area contributed by atoms with Gasteiger partial charge in [-0.05, 0) is 29.3 Å². The molecule has 0 saturated heterocycles. The fourth-order valence-corrected chi connectivity index (χ4v) is 2.96. The minimum atomic E-state index is -0.485. The monoisotopic (exact) mass is 355 g/mol. The summed E-state index contributed by atoms with van der Waals surface area (Å²) >= 11 is 7.19. The minimum absolute atomic E-state index is 0.0268. The van der Waals surface area contributed by atoms with Crippen LogP contribution in [0.1, 0.15) is 11.1 Å². The van der Waals surface area contributed by atoms with Crippen LogP contribution in [0.4, 0.5) is 8.78 Å². The Morgan fingerprint density at radius 1 is 1.09 bits per heavy atom. The minimum Gasteiger partial charge on any atom is -0.355 e. The highest BCUT2D eigenvalue weighted by Crippen LogP contribution is 2.16. The maximum Gasteiger partial charge on any atom is 0.224 e. The summed E-state index contributed by atoms with van der Waals surface area (Å²) in [7, 11) is 0. The molecule has 122 valence electrons. The van der Waals surface area contributed by atoms with Crippen molar-refractivity contribution in [1.82, 2.24) is 5.32 Å². The Hall–Kier alpha value is -1.59. The molecule has 0 spiro atoms. The first-order valence-corrected chi connectivity index (χ1v) is 8.61. The Morgan fingerprint density at radius 2 is 1.87 bits per heavy atom. The third kappa shape index (κ3) is 5.84. The average molecular weight is 356 g/mol. The normalized spacial score (nSPS) is 10.6. The first-order chi connectivity index (χ1) is 11.1. The lowest BCUT2D eigenvalue weighted by atomic mass is 10.1. The van der Waals surface area contributed by atoms with Gasteiger partial charge in [-0.3, -0.25) is 4.79 Å². The number of hydrogen-bond donors (Lipinski definition) is 1. The molecule has 0 aliphatic heterocycles. The molecule has 2 rings (SSSR count). The summed E-state index contributed by atoms with van der Waals surface area (Å²) in [5.74, 6) is 0.249. The SMILES string of the molecule is O=C(Cc1ccc(Cl)cc1F)NCCSCc1ccccc1F. The van der Waals surface area contributed by atoms with Crippen molar-refractivity contribution >= 4 is 29.3 Å². The number of rotatable bonds is 7. The van der Waals surface area contributed by atoms with Gasteiger partial charge in [0.25, 0.3) is 0 Å². The zero-order valence-corrected chi connectivity index (χ0v) is 13.9. The maximum atomic E-state index is 13.6. The van der Waals surface area contributed by atoms with Gasteiger partial charge in [0.1, 0.15) is 11.6 Å². The van der Waals surface area contributed by atoms with Gasteiger partial charge >= 0.3 is 0 Å². The van der Waals surface area contributed by atoms with E-state index in [1.54, 1.807) is 24.3 Å². The van der Waals surface area contributed by atoms with E-state index in [-0.39, 0.29) is 18.1 Å². The van der Waals surface area contributed by atoms with Crippen LogP contribution in [0.15, 0.2) is 42.5 Å². The van der Waals surface area contributed by atoms with Gasteiger partial charge in [0.2, 0.25) is 5.91 Å². The van der Waals surface area contributed by atoms with Gasteiger partial charge in [-0.25, -0.2) is 8.78 Å². The van der Waals surface area contributed by atoms with Crippen molar-refractivity contribution in [2.45, 2.75) is 12.2 Å². The lowest BCUT2D eigenvalue weighted by Crippen LogP contribution is -2.27. The number of amides is 1. The summed E-state index contributed by atoms with van der Waals surface area (Å²) in [6.07, 6.45) is -0.0268. The number of hydrogen-bond acceptors (Lipinski definition) is 2. The van der Waals surface area contributed by atoms with Gasteiger partial charge in [-0.15, -0.1) is 0 Å². The summed E-state index contributed by atoms with van der Waals surface area (Å²) in [6.45, 7) is 0.452. The molecule has 2 aromatic carbocycles. The molecule has 2 aromatic rings. The summed E-state index contributed by atoms with van der Waals surface area (Å²) in [4.78, 5) is 11.8. The molecule has 6 heteroatoms. The van der Waals surface area contributed by atoms with Gasteiger partial charge in [0, 0.05) is 23.1 Å². The highest BCUT2D eigenvalue weighted by molar-refractivity contribution is 7.98. The molecule has 0 aliphatic rings. The second-order valence-corrected chi connectivity index (χ2v) is 6.45. The molecule has 0 saturated carbocycles. The second-order valence-electron chi connectivity index (χ2n) is 4.91. The van der Waals surface area contributed by atoms with E-state index in [0.717, 1.165) is 0 Å². The lowest BCUT2D eigenvalue weighted by Gasteiger charge is -2.07. The molecular weight excluding hydrogens is 340 g/mol. The van der Waals surface area contributed by atoms with Crippen molar-refractivity contribution < 1.29 is 13.6 Å². The van der Waals surface area contributed by atoms with E-state index in [1.807, 2.05) is 0 Å². The molecule has 0 heterocycles. The Kier molecular flexibility index (Phi) is 6.86. The smallest absolute Gasteiger partial charge is 0.224 e. The van der Waals surface area contributed by atoms with Crippen LogP contribution in [0.25, 0.3) is 0 Å². The van der Waals surface area contributed by atoms with Crippen molar-refractivity contribution in [1.29, 1.82) is 0 Å². The zero-order valence-electron chi connectivity index (χ0n) is 12.3. The number of carbonyl (C=O) groups excluding carboxylic acids is 1. The fraction of sp³-hybridized carbons (Fsp3) is 0.235. The molecular formula is C17H16ClF2NOS. The number of carbonyl (C=O) groups is 1. The molecule has 0 atom stereocenters. The molecule has 0 aliphatic carbocycles. The van der Waals surface area contributed by atoms with Gasteiger partial charge in [-0.2, -0.15) is 11.8 Å². The molecule has 1 N–H and O–H groups in total. The van der Waals surface area contributed by atoms with Gasteiger partial charge in [0.05, 0.1) is 6.42 Å². The fourth-order valence-electron chi connectivity index (χ4n) is 1.96. The molecule has 0 fully saturated rings. The van der Waals surface area contributed by atoms with Crippen LogP contribution in [-0.4, -0.2) is 18.2 Å². The summed E-state index contributed by atoms with van der Waals surface area (Å²) in [5, 5.41) is 3.02. The Morgan fingerprint density at radius 3 is 2.61 bits per heavy atom. The second kappa shape index (κ2) is 8.89. The van der Waals surface area contributed by atoms with E-state index in [4.69, 9.17) is 11.6 Å². The molecule has 0 aromatic heterocycles. The van der Waals surface area contributed by atoms with Crippen LogP contribution < -0.4 is 5.32 Å². The molecule has 0 bridgehead atoms. The molecule has 1 amide bonds. The van der Waals surface area contributed by atoms with Crippen LogP contribution in [0, 0.1) is 11.6 Å². The third-order valence-corrected chi connectivity index (χ3v) is 4.39. The van der Waals surface area contributed by atoms with Gasteiger partial charge < -0.3 is 5.32 Å². The average Bonchev–Trinajstić information content (AvgIpc) is 2.51. The molecule has 0 radical (unpaired) electrons. The van der Waals surface area contributed by atoms with E-state index >= 15 is 0 Å². The quantitative estimate of drug-likeness (QED) is 0.754. The first kappa shape index (κ1) is 17.8. The van der Waals surface area contributed by atoms with Crippen LogP contribution in [0.2, 0.25) is 5.02 Å². The summed E-state index contributed by atoms with van der Waals surface area (Å²) < 4.78 is 27.0. The van der Waals surface area contributed by atoms with Gasteiger partial charge in [0.15, 0.2) is 0 Å². The molecule has 0 unspecified atom stereocenters. The van der Waals surface area contributed by atoms with Crippen LogP contribution in [0.5, 0.6) is 0 Å². The summed E-state index contributed by atoms with van der Waals surface area (Å²) in [6, 6.07) is 10.9. The van der Waals surface area contributed by atoms with Crippen molar-refractivity contribution in [3.63, 3.8) is 0 Å². The van der Waals surface area contributed by atoms with Crippen molar-refractivity contribution in [2.75, 3.05) is 12.3 Å². The van der Waals surface area contributed by atoms with Crippen molar-refractivity contribution in [2.24, 2.45) is 0 Å². The highest BCUT2D eigenvalue weighted by atomic mass is 35.5. The van der Waals surface area contributed by atoms with Crippen molar-refractivity contribution in [3.05, 3.63) is 70.2 Å². The number of nitrogens with one attached hydrogen (secondary N) is 1. The van der Waals surface area contributed by atoms with Crippen molar-refractivity contribution in [3.8, 4) is 0 Å². The molecule has 2 nitrogen and oxygen atoms in total. The predicted molar refractivity (Wildman–Crippen MR) is 90.7 cm³/mol. The summed E-state index contributed by atoms with van der Waals surface area (Å²) in [5.41, 5.74) is 0.956. The Labute approximate surface area is 143 Å². The highest BCUT2D eigenvalue weighted by Gasteiger charge is 2.08. The zero-order chi connectivity index (χ0) is 16.7. The number of benzene rings is 2. The topological polar surface area (TPSA) is 29.1 Å². The van der Waals surface area contributed by atoms with Crippen LogP contribution in [-0.2, 0) is 17.0 Å².